The van der Waals surface area contributed by atoms with Gasteiger partial charge in [0.05, 0.1) is 34.0 Å². The lowest BCUT2D eigenvalue weighted by Crippen LogP contribution is -2.06. The van der Waals surface area contributed by atoms with E-state index in [0.29, 0.717) is 56.4 Å². The van der Waals surface area contributed by atoms with E-state index in [0.717, 1.165) is 5.56 Å². The van der Waals surface area contributed by atoms with Gasteiger partial charge in [-0.05, 0) is 65.7 Å². The molecule has 0 aliphatic rings. The molecule has 0 aliphatic heterocycles. The Labute approximate surface area is 230 Å². The molecule has 1 heterocycles. The monoisotopic (exact) mass is 542 g/mol. The van der Waals surface area contributed by atoms with Crippen molar-refractivity contribution in [3.63, 3.8) is 0 Å². The van der Waals surface area contributed by atoms with Crippen molar-refractivity contribution >= 4 is 16.9 Å². The lowest BCUT2D eigenvalue weighted by atomic mass is 9.95. The zero-order valence-corrected chi connectivity index (χ0v) is 22.4. The van der Waals surface area contributed by atoms with Crippen LogP contribution in [0.1, 0.15) is 15.9 Å². The SMILES string of the molecule is COc1ccc(-c2oc3cc(OC)cc(C(=O)OCc4ccc(F)cc4)c3c2-c2cc(OC)cc(OC)c2)cc1. The maximum Gasteiger partial charge on any atom is 0.339 e. The first-order valence-corrected chi connectivity index (χ1v) is 12.4. The Morgan fingerprint density at radius 1 is 0.700 bits per heavy atom. The van der Waals surface area contributed by atoms with E-state index in [9.17, 15) is 9.18 Å². The number of furan rings is 1. The van der Waals surface area contributed by atoms with Crippen molar-refractivity contribution in [2.24, 2.45) is 0 Å². The highest BCUT2D eigenvalue weighted by atomic mass is 19.1. The molecule has 204 valence electrons. The van der Waals surface area contributed by atoms with Crippen molar-refractivity contribution in [2.45, 2.75) is 6.61 Å². The van der Waals surface area contributed by atoms with Crippen LogP contribution in [0.2, 0.25) is 0 Å². The molecule has 8 heteroatoms. The second kappa shape index (κ2) is 11.4. The summed E-state index contributed by atoms with van der Waals surface area (Å²) in [5.41, 5.74) is 3.44. The van der Waals surface area contributed by atoms with Gasteiger partial charge in [-0.25, -0.2) is 9.18 Å². The smallest absolute Gasteiger partial charge is 0.339 e. The van der Waals surface area contributed by atoms with Gasteiger partial charge in [-0.1, -0.05) is 12.1 Å². The Kier molecular flexibility index (Phi) is 7.59. The standard InChI is InChI=1S/C32H27FO7/c1-35-23-11-7-20(8-12-23)31-29(21-13-24(36-2)15-25(14-21)37-3)30-27(16-26(38-4)17-28(30)40-31)32(34)39-18-19-5-9-22(33)10-6-19/h5-17H,18H2,1-4H3. The van der Waals surface area contributed by atoms with Crippen LogP contribution >= 0.6 is 0 Å². The number of carbonyl (C=O) groups excluding carboxylic acids is 1. The fraction of sp³-hybridized carbons (Fsp3) is 0.156. The summed E-state index contributed by atoms with van der Waals surface area (Å²) in [6.07, 6.45) is 0. The summed E-state index contributed by atoms with van der Waals surface area (Å²) in [6, 6.07) is 22.0. The van der Waals surface area contributed by atoms with Gasteiger partial charge >= 0.3 is 5.97 Å². The predicted molar refractivity (Wildman–Crippen MR) is 149 cm³/mol. The van der Waals surface area contributed by atoms with E-state index >= 15 is 0 Å². The molecule has 0 saturated carbocycles. The summed E-state index contributed by atoms with van der Waals surface area (Å²) < 4.78 is 47.3. The van der Waals surface area contributed by atoms with Crippen molar-refractivity contribution in [3.8, 4) is 45.4 Å². The molecule has 0 radical (unpaired) electrons. The molecule has 0 saturated heterocycles. The van der Waals surface area contributed by atoms with Crippen LogP contribution in [-0.2, 0) is 11.3 Å². The van der Waals surface area contributed by atoms with Crippen LogP contribution in [0.15, 0.2) is 83.3 Å². The van der Waals surface area contributed by atoms with Crippen LogP contribution in [0.5, 0.6) is 23.0 Å². The predicted octanol–water partition coefficient (Wildman–Crippen LogP) is 7.30. The van der Waals surface area contributed by atoms with Crippen LogP contribution in [-0.4, -0.2) is 34.4 Å². The van der Waals surface area contributed by atoms with E-state index in [1.807, 2.05) is 36.4 Å². The number of hydrogen-bond acceptors (Lipinski definition) is 7. The Balaban J connectivity index is 1.73. The zero-order valence-electron chi connectivity index (χ0n) is 22.4. The molecule has 1 aromatic heterocycles. The molecule has 5 rings (SSSR count). The van der Waals surface area contributed by atoms with Gasteiger partial charge in [0.15, 0.2) is 0 Å². The topological polar surface area (TPSA) is 76.4 Å². The minimum absolute atomic E-state index is 0.0384. The molecule has 0 unspecified atom stereocenters. The number of hydrogen-bond donors (Lipinski definition) is 0. The van der Waals surface area contributed by atoms with Crippen molar-refractivity contribution in [1.82, 2.24) is 0 Å². The molecule has 7 nitrogen and oxygen atoms in total. The first-order valence-electron chi connectivity index (χ1n) is 12.4. The Morgan fingerprint density at radius 2 is 1.30 bits per heavy atom. The van der Waals surface area contributed by atoms with Gasteiger partial charge in [0.25, 0.3) is 0 Å². The van der Waals surface area contributed by atoms with Gasteiger partial charge in [0, 0.05) is 28.6 Å². The molecule has 0 bridgehead atoms. The summed E-state index contributed by atoms with van der Waals surface area (Å²) in [6.45, 7) is -0.0384. The fourth-order valence-corrected chi connectivity index (χ4v) is 4.46. The van der Waals surface area contributed by atoms with E-state index in [4.69, 9.17) is 28.1 Å². The van der Waals surface area contributed by atoms with Crippen LogP contribution in [0.25, 0.3) is 33.4 Å². The normalized spacial score (nSPS) is 10.8. The minimum atomic E-state index is -0.591. The number of ether oxygens (including phenoxy) is 5. The van der Waals surface area contributed by atoms with E-state index in [2.05, 4.69) is 0 Å². The minimum Gasteiger partial charge on any atom is -0.497 e. The second-order valence-corrected chi connectivity index (χ2v) is 8.89. The van der Waals surface area contributed by atoms with Crippen LogP contribution < -0.4 is 18.9 Å². The molecule has 5 aromatic rings. The number of benzene rings is 4. The average Bonchev–Trinajstić information content (AvgIpc) is 3.39. The van der Waals surface area contributed by atoms with Crippen molar-refractivity contribution < 1.29 is 37.3 Å². The van der Waals surface area contributed by atoms with Gasteiger partial charge in [0.2, 0.25) is 0 Å². The summed E-state index contributed by atoms with van der Waals surface area (Å²) in [7, 11) is 6.25. The van der Waals surface area contributed by atoms with Gasteiger partial charge in [0.1, 0.15) is 46.8 Å². The van der Waals surface area contributed by atoms with Crippen molar-refractivity contribution in [2.75, 3.05) is 28.4 Å². The second-order valence-electron chi connectivity index (χ2n) is 8.89. The number of methoxy groups -OCH3 is 4. The Morgan fingerprint density at radius 3 is 1.90 bits per heavy atom. The van der Waals surface area contributed by atoms with Gasteiger partial charge in [-0.3, -0.25) is 0 Å². The Bertz CT molecular complexity index is 1630. The first kappa shape index (κ1) is 26.6. The number of carbonyl (C=O) groups is 1. The largest absolute Gasteiger partial charge is 0.497 e. The molecular formula is C32H27FO7. The highest BCUT2D eigenvalue weighted by Gasteiger charge is 2.26. The molecule has 0 fully saturated rings. The van der Waals surface area contributed by atoms with Crippen molar-refractivity contribution in [3.05, 3.63) is 95.8 Å². The van der Waals surface area contributed by atoms with E-state index in [1.165, 1.54) is 19.2 Å². The molecule has 40 heavy (non-hydrogen) atoms. The molecular weight excluding hydrogens is 515 g/mol. The quantitative estimate of drug-likeness (QED) is 0.181. The Hall–Kier alpha value is -4.98. The lowest BCUT2D eigenvalue weighted by Gasteiger charge is -2.12. The fourth-order valence-electron chi connectivity index (χ4n) is 4.46. The summed E-state index contributed by atoms with van der Waals surface area (Å²) in [4.78, 5) is 13.6. The third kappa shape index (κ3) is 5.29. The molecule has 4 aromatic carbocycles. The average molecular weight is 543 g/mol. The third-order valence-electron chi connectivity index (χ3n) is 6.50. The van der Waals surface area contributed by atoms with Gasteiger partial charge < -0.3 is 28.1 Å². The van der Waals surface area contributed by atoms with Gasteiger partial charge in [-0.2, -0.15) is 0 Å². The number of rotatable bonds is 9. The molecule has 0 amide bonds. The summed E-state index contributed by atoms with van der Waals surface area (Å²) in [5, 5.41) is 0.533. The van der Waals surface area contributed by atoms with E-state index in [1.54, 1.807) is 51.7 Å². The van der Waals surface area contributed by atoms with Crippen LogP contribution in [0.3, 0.4) is 0 Å². The highest BCUT2D eigenvalue weighted by molar-refractivity contribution is 6.13. The molecule has 0 atom stereocenters. The maximum atomic E-state index is 13.6. The molecule has 0 N–H and O–H groups in total. The van der Waals surface area contributed by atoms with Crippen LogP contribution in [0, 0.1) is 5.82 Å². The van der Waals surface area contributed by atoms with Gasteiger partial charge in [-0.15, -0.1) is 0 Å². The number of esters is 1. The first-order chi connectivity index (χ1) is 19.4. The lowest BCUT2D eigenvalue weighted by molar-refractivity contribution is 0.0474. The summed E-state index contributed by atoms with van der Waals surface area (Å²) in [5.74, 6) is 1.81. The van der Waals surface area contributed by atoms with Crippen LogP contribution in [0.4, 0.5) is 4.39 Å². The maximum absolute atomic E-state index is 13.6. The highest BCUT2D eigenvalue weighted by Crippen LogP contribution is 2.46. The third-order valence-corrected chi connectivity index (χ3v) is 6.50. The number of fused-ring (bicyclic) bond motifs is 1. The molecule has 0 aliphatic carbocycles. The van der Waals surface area contributed by atoms with E-state index < -0.39 is 5.97 Å². The zero-order chi connectivity index (χ0) is 28.2. The molecule has 0 spiro atoms. The summed E-state index contributed by atoms with van der Waals surface area (Å²) >= 11 is 0. The van der Waals surface area contributed by atoms with E-state index in [-0.39, 0.29) is 18.0 Å². The van der Waals surface area contributed by atoms with Crippen molar-refractivity contribution in [1.29, 1.82) is 0 Å². The number of halogens is 1.